The van der Waals surface area contributed by atoms with Gasteiger partial charge < -0.3 is 24.3 Å². The number of hydrogen-bond donors (Lipinski definition) is 1. The Morgan fingerprint density at radius 2 is 1.22 bits per heavy atom. The maximum atomic E-state index is 13.0. The largest absolute Gasteiger partial charge is 0.497 e. The summed E-state index contributed by atoms with van der Waals surface area (Å²) in [5.41, 5.74) is 6.09. The molecule has 4 aromatic carbocycles. The van der Waals surface area contributed by atoms with Crippen LogP contribution in [0.3, 0.4) is 0 Å². The number of carbonyl (C=O) groups is 1. The van der Waals surface area contributed by atoms with Gasteiger partial charge in [-0.3, -0.25) is 4.79 Å². The van der Waals surface area contributed by atoms with E-state index in [0.717, 1.165) is 33.9 Å². The van der Waals surface area contributed by atoms with Gasteiger partial charge in [-0.05, 0) is 90.8 Å². The van der Waals surface area contributed by atoms with E-state index in [4.69, 9.17) is 28.9 Å². The minimum atomic E-state index is -0.181. The number of ether oxygens (including phenoxy) is 4. The number of amides is 1. The van der Waals surface area contributed by atoms with Crippen LogP contribution in [0.1, 0.15) is 15.9 Å². The molecule has 5 aromatic rings. The Balaban J connectivity index is 1.42. The molecule has 0 aliphatic carbocycles. The summed E-state index contributed by atoms with van der Waals surface area (Å²) in [6.45, 7) is 0.464. The second-order valence-corrected chi connectivity index (χ2v) is 9.28. The highest BCUT2D eigenvalue weighted by atomic mass is 16.5. The monoisotopic (exact) mass is 549 g/mol. The van der Waals surface area contributed by atoms with Crippen LogP contribution < -0.4 is 24.3 Å². The smallest absolute Gasteiger partial charge is 0.251 e. The molecule has 208 valence electrons. The van der Waals surface area contributed by atoms with Crippen LogP contribution in [0.15, 0.2) is 84.9 Å². The second-order valence-electron chi connectivity index (χ2n) is 9.28. The maximum absolute atomic E-state index is 13.0. The third-order valence-corrected chi connectivity index (χ3v) is 6.80. The first-order valence-corrected chi connectivity index (χ1v) is 13.1. The molecule has 0 saturated carbocycles. The molecule has 0 saturated heterocycles. The molecular formula is C33H31N3O5. The molecule has 0 aliphatic rings. The van der Waals surface area contributed by atoms with Gasteiger partial charge in [0, 0.05) is 23.2 Å². The zero-order chi connectivity index (χ0) is 28.8. The number of carbonyl (C=O) groups excluding carboxylic acids is 1. The number of fused-ring (bicyclic) bond motifs is 1. The molecule has 0 aliphatic heterocycles. The van der Waals surface area contributed by atoms with Crippen molar-refractivity contribution >= 4 is 16.9 Å². The van der Waals surface area contributed by atoms with E-state index >= 15 is 0 Å². The lowest BCUT2D eigenvalue weighted by molar-refractivity contribution is 0.0954. The third kappa shape index (κ3) is 6.06. The summed E-state index contributed by atoms with van der Waals surface area (Å²) < 4.78 is 21.3. The summed E-state index contributed by atoms with van der Waals surface area (Å²) in [7, 11) is 6.48. The van der Waals surface area contributed by atoms with Gasteiger partial charge in [0.25, 0.3) is 5.91 Å². The van der Waals surface area contributed by atoms with Gasteiger partial charge in [0.15, 0.2) is 11.5 Å². The summed E-state index contributed by atoms with van der Waals surface area (Å²) in [4.78, 5) is 23.0. The molecule has 41 heavy (non-hydrogen) atoms. The Bertz CT molecular complexity index is 1670. The van der Waals surface area contributed by atoms with E-state index in [0.29, 0.717) is 46.8 Å². The van der Waals surface area contributed by atoms with Crippen molar-refractivity contribution in [2.24, 2.45) is 0 Å². The van der Waals surface area contributed by atoms with Crippen LogP contribution in [-0.2, 0) is 6.42 Å². The fraction of sp³-hybridized carbons (Fsp3) is 0.182. The lowest BCUT2D eigenvalue weighted by Crippen LogP contribution is -2.25. The summed E-state index contributed by atoms with van der Waals surface area (Å²) in [5.74, 6) is 2.66. The molecule has 5 rings (SSSR count). The summed E-state index contributed by atoms with van der Waals surface area (Å²) >= 11 is 0. The minimum absolute atomic E-state index is 0.181. The average molecular weight is 550 g/mol. The van der Waals surface area contributed by atoms with E-state index in [1.165, 1.54) is 0 Å². The third-order valence-electron chi connectivity index (χ3n) is 6.80. The number of nitrogens with one attached hydrogen (secondary N) is 1. The van der Waals surface area contributed by atoms with Gasteiger partial charge in [-0.2, -0.15) is 0 Å². The Morgan fingerprint density at radius 3 is 1.78 bits per heavy atom. The predicted octanol–water partition coefficient (Wildman–Crippen LogP) is 5.97. The predicted molar refractivity (Wildman–Crippen MR) is 159 cm³/mol. The van der Waals surface area contributed by atoms with Crippen LogP contribution in [-0.4, -0.2) is 50.9 Å². The molecule has 8 nitrogen and oxygen atoms in total. The van der Waals surface area contributed by atoms with E-state index in [2.05, 4.69) is 5.32 Å². The zero-order valence-electron chi connectivity index (χ0n) is 23.4. The van der Waals surface area contributed by atoms with Crippen molar-refractivity contribution in [3.05, 3.63) is 96.1 Å². The zero-order valence-corrected chi connectivity index (χ0v) is 23.4. The van der Waals surface area contributed by atoms with Crippen LogP contribution in [0, 0.1) is 0 Å². The van der Waals surface area contributed by atoms with Crippen LogP contribution in [0.4, 0.5) is 0 Å². The number of benzene rings is 4. The van der Waals surface area contributed by atoms with Crippen molar-refractivity contribution in [2.75, 3.05) is 35.0 Å². The fourth-order valence-corrected chi connectivity index (χ4v) is 4.55. The normalized spacial score (nSPS) is 10.7. The van der Waals surface area contributed by atoms with Gasteiger partial charge in [-0.1, -0.05) is 6.07 Å². The van der Waals surface area contributed by atoms with E-state index in [1.54, 1.807) is 40.6 Å². The lowest BCUT2D eigenvalue weighted by atomic mass is 10.0. The Kier molecular flexibility index (Phi) is 8.29. The molecule has 1 heterocycles. The van der Waals surface area contributed by atoms with Crippen molar-refractivity contribution in [3.8, 4) is 45.5 Å². The SMILES string of the molecule is COc1ccc(-c2nc3ccc(C(=O)NCCc4ccc(OC)c(OC)c4)cc3nc2-c2ccc(OC)cc2)cc1. The summed E-state index contributed by atoms with van der Waals surface area (Å²) in [6, 6.07) is 26.5. The number of methoxy groups -OCH3 is 4. The van der Waals surface area contributed by atoms with E-state index < -0.39 is 0 Å². The van der Waals surface area contributed by atoms with Crippen LogP contribution in [0.5, 0.6) is 23.0 Å². The number of rotatable bonds is 10. The van der Waals surface area contributed by atoms with E-state index in [1.807, 2.05) is 72.8 Å². The number of hydrogen-bond acceptors (Lipinski definition) is 7. The van der Waals surface area contributed by atoms with Crippen molar-refractivity contribution in [1.82, 2.24) is 15.3 Å². The fourth-order valence-electron chi connectivity index (χ4n) is 4.55. The van der Waals surface area contributed by atoms with Gasteiger partial charge in [-0.15, -0.1) is 0 Å². The van der Waals surface area contributed by atoms with Crippen molar-refractivity contribution in [3.63, 3.8) is 0 Å². The van der Waals surface area contributed by atoms with Gasteiger partial charge >= 0.3 is 0 Å². The van der Waals surface area contributed by atoms with E-state index in [9.17, 15) is 4.79 Å². The first-order valence-electron chi connectivity index (χ1n) is 13.1. The molecule has 1 N–H and O–H groups in total. The summed E-state index contributed by atoms with van der Waals surface area (Å²) in [5, 5.41) is 3.00. The molecule has 0 bridgehead atoms. The molecule has 0 radical (unpaired) electrons. The highest BCUT2D eigenvalue weighted by Gasteiger charge is 2.16. The molecule has 0 atom stereocenters. The van der Waals surface area contributed by atoms with Crippen LogP contribution in [0.25, 0.3) is 33.5 Å². The maximum Gasteiger partial charge on any atom is 0.251 e. The molecule has 0 fully saturated rings. The van der Waals surface area contributed by atoms with Gasteiger partial charge in [0.05, 0.1) is 50.9 Å². The summed E-state index contributed by atoms with van der Waals surface area (Å²) in [6.07, 6.45) is 0.645. The quantitative estimate of drug-likeness (QED) is 0.229. The lowest BCUT2D eigenvalue weighted by Gasteiger charge is -2.13. The minimum Gasteiger partial charge on any atom is -0.497 e. The first kappa shape index (κ1) is 27.5. The molecule has 8 heteroatoms. The molecule has 1 amide bonds. The number of aromatic nitrogens is 2. The van der Waals surface area contributed by atoms with E-state index in [-0.39, 0.29) is 5.91 Å². The molecule has 1 aromatic heterocycles. The average Bonchev–Trinajstić information content (AvgIpc) is 3.03. The highest BCUT2D eigenvalue weighted by Crippen LogP contribution is 2.33. The van der Waals surface area contributed by atoms with Gasteiger partial charge in [-0.25, -0.2) is 9.97 Å². The van der Waals surface area contributed by atoms with Crippen LogP contribution >= 0.6 is 0 Å². The van der Waals surface area contributed by atoms with Crippen molar-refractivity contribution in [2.45, 2.75) is 6.42 Å². The van der Waals surface area contributed by atoms with Crippen molar-refractivity contribution < 1.29 is 23.7 Å². The van der Waals surface area contributed by atoms with Gasteiger partial charge in [0.2, 0.25) is 0 Å². The highest BCUT2D eigenvalue weighted by molar-refractivity contribution is 5.98. The standard InChI is InChI=1S/C33H31N3O5/c1-38-25-11-6-22(7-12-25)31-32(23-8-13-26(39-2)14-9-23)36-28-20-24(10-15-27(28)35-31)33(37)34-18-17-21-5-16-29(40-3)30(19-21)41-4/h5-16,19-20H,17-18H2,1-4H3,(H,34,37). The van der Waals surface area contributed by atoms with Crippen LogP contribution in [0.2, 0.25) is 0 Å². The molecular weight excluding hydrogens is 518 g/mol. The Hall–Kier alpha value is -5.11. The van der Waals surface area contributed by atoms with Crippen molar-refractivity contribution in [1.29, 1.82) is 0 Å². The second kappa shape index (κ2) is 12.4. The molecule has 0 spiro atoms. The molecule has 0 unspecified atom stereocenters. The Morgan fingerprint density at radius 1 is 0.634 bits per heavy atom. The Labute approximate surface area is 238 Å². The topological polar surface area (TPSA) is 91.8 Å². The first-order chi connectivity index (χ1) is 20.0. The number of nitrogens with zero attached hydrogens (tertiary/aromatic N) is 2. The van der Waals surface area contributed by atoms with Gasteiger partial charge in [0.1, 0.15) is 11.5 Å².